The molecule has 0 spiro atoms. The van der Waals surface area contributed by atoms with Crippen LogP contribution in [0.3, 0.4) is 0 Å². The number of ether oxygens (including phenoxy) is 4. The first-order valence-corrected chi connectivity index (χ1v) is 39.8. The van der Waals surface area contributed by atoms with Crippen LogP contribution in [0.2, 0.25) is 0 Å². The molecule has 17 nitrogen and oxygen atoms in total. The van der Waals surface area contributed by atoms with Gasteiger partial charge >= 0.3 is 39.5 Å². The molecule has 534 valence electrons. The zero-order chi connectivity index (χ0) is 66.6. The standard InChI is InChI=1S/C71H138O17P2/c1-8-9-10-11-12-13-14-15-19-22-25-30-38-45-52-68(73)81-58-66(87-70(75)54-47-40-31-26-23-20-17-16-18-21-24-28-35-42-49-62(2)3)60-85-89(77,78)83-56-65(72)57-84-90(79,80)86-61-67(59-82-69(74)53-46-39-34-33-37-44-51-64(6)7)88-71(76)55-48-41-32-27-29-36-43-50-63(4)5/h62-67,72H,8-61H2,1-7H3,(H,77,78)(H,79,80)/t65-,66-,67-/m1/s1. The minimum Gasteiger partial charge on any atom is -0.462 e. The lowest BCUT2D eigenvalue weighted by Gasteiger charge is -2.21. The van der Waals surface area contributed by atoms with Crippen molar-refractivity contribution in [3.05, 3.63) is 0 Å². The lowest BCUT2D eigenvalue weighted by atomic mass is 10.0. The van der Waals surface area contributed by atoms with Crippen LogP contribution in [-0.2, 0) is 65.4 Å². The fourth-order valence-corrected chi connectivity index (χ4v) is 12.3. The van der Waals surface area contributed by atoms with Crippen molar-refractivity contribution < 1.29 is 80.2 Å². The molecule has 0 aliphatic heterocycles. The minimum atomic E-state index is -4.95. The van der Waals surface area contributed by atoms with Crippen molar-refractivity contribution in [1.82, 2.24) is 0 Å². The van der Waals surface area contributed by atoms with Crippen LogP contribution in [0.15, 0.2) is 0 Å². The van der Waals surface area contributed by atoms with E-state index in [0.717, 1.165) is 102 Å². The van der Waals surface area contributed by atoms with Gasteiger partial charge in [-0.15, -0.1) is 0 Å². The zero-order valence-electron chi connectivity index (χ0n) is 58.6. The molecule has 0 aromatic heterocycles. The lowest BCUT2D eigenvalue weighted by molar-refractivity contribution is -0.161. The van der Waals surface area contributed by atoms with Gasteiger partial charge in [-0.25, -0.2) is 9.13 Å². The van der Waals surface area contributed by atoms with Crippen molar-refractivity contribution in [2.75, 3.05) is 39.6 Å². The third-order valence-corrected chi connectivity index (χ3v) is 18.3. The number of phosphoric ester groups is 2. The second-order valence-electron chi connectivity index (χ2n) is 27.1. The molecule has 0 aliphatic rings. The van der Waals surface area contributed by atoms with E-state index >= 15 is 0 Å². The molecule has 5 atom stereocenters. The SMILES string of the molecule is CCCCCCCCCCCCCCCCC(=O)OC[C@H](COP(=O)(O)OC[C@@H](O)COP(=O)(O)OC[C@@H](COC(=O)CCCCCCCCC(C)C)OC(=O)CCCCCCCCCC(C)C)OC(=O)CCCCCCCCCCCCCCCCC(C)C. The number of rotatable bonds is 69. The van der Waals surface area contributed by atoms with Gasteiger partial charge in [0.15, 0.2) is 12.2 Å². The Hall–Kier alpha value is -1.94. The van der Waals surface area contributed by atoms with E-state index in [0.29, 0.717) is 37.5 Å². The molecule has 0 aromatic carbocycles. The molecule has 0 radical (unpaired) electrons. The van der Waals surface area contributed by atoms with Crippen LogP contribution in [0.4, 0.5) is 0 Å². The lowest BCUT2D eigenvalue weighted by Crippen LogP contribution is -2.30. The highest BCUT2D eigenvalue weighted by molar-refractivity contribution is 7.47. The molecule has 19 heteroatoms. The van der Waals surface area contributed by atoms with Crippen molar-refractivity contribution in [3.63, 3.8) is 0 Å². The molecule has 2 unspecified atom stereocenters. The number of carbonyl (C=O) groups excluding carboxylic acids is 4. The van der Waals surface area contributed by atoms with Crippen LogP contribution >= 0.6 is 15.6 Å². The molecule has 0 fully saturated rings. The summed E-state index contributed by atoms with van der Waals surface area (Å²) in [6.07, 6.45) is 46.1. The summed E-state index contributed by atoms with van der Waals surface area (Å²) in [6.45, 7) is 11.7. The maximum Gasteiger partial charge on any atom is 0.472 e. The largest absolute Gasteiger partial charge is 0.472 e. The Bertz CT molecular complexity index is 1770. The molecule has 0 heterocycles. The Kier molecular flexibility index (Phi) is 60.6. The van der Waals surface area contributed by atoms with E-state index in [1.807, 2.05) is 0 Å². The highest BCUT2D eigenvalue weighted by atomic mass is 31.2. The van der Waals surface area contributed by atoms with Crippen LogP contribution in [0.5, 0.6) is 0 Å². The van der Waals surface area contributed by atoms with Gasteiger partial charge < -0.3 is 33.8 Å². The number of hydrogen-bond donors (Lipinski definition) is 3. The molecule has 0 amide bonds. The number of carbonyl (C=O) groups is 4. The third kappa shape index (κ3) is 64.8. The van der Waals surface area contributed by atoms with Gasteiger partial charge in [0.05, 0.1) is 26.4 Å². The number of esters is 4. The Morgan fingerprint density at radius 2 is 0.511 bits per heavy atom. The fraction of sp³-hybridized carbons (Fsp3) is 0.944. The molecule has 0 saturated carbocycles. The molecular formula is C71H138O17P2. The molecule has 0 aromatic rings. The van der Waals surface area contributed by atoms with Gasteiger partial charge in [-0.3, -0.25) is 37.3 Å². The molecule has 0 saturated heterocycles. The predicted octanol–water partition coefficient (Wildman–Crippen LogP) is 20.2. The maximum absolute atomic E-state index is 13.0. The van der Waals surface area contributed by atoms with E-state index in [1.165, 1.54) is 161 Å². The van der Waals surface area contributed by atoms with Crippen molar-refractivity contribution in [1.29, 1.82) is 0 Å². The molecular weight excluding hydrogens is 1190 g/mol. The molecule has 0 rings (SSSR count). The van der Waals surface area contributed by atoms with Gasteiger partial charge in [-0.05, 0) is 43.4 Å². The van der Waals surface area contributed by atoms with Gasteiger partial charge in [0, 0.05) is 25.7 Å². The van der Waals surface area contributed by atoms with E-state index < -0.39 is 97.5 Å². The molecule has 3 N–H and O–H groups in total. The molecule has 90 heavy (non-hydrogen) atoms. The minimum absolute atomic E-state index is 0.102. The number of hydrogen-bond acceptors (Lipinski definition) is 15. The normalized spacial score (nSPS) is 14.2. The molecule has 0 aliphatic carbocycles. The quantitative estimate of drug-likeness (QED) is 0.0222. The smallest absolute Gasteiger partial charge is 0.462 e. The van der Waals surface area contributed by atoms with Crippen LogP contribution in [0.1, 0.15) is 357 Å². The van der Waals surface area contributed by atoms with E-state index in [-0.39, 0.29) is 25.7 Å². The van der Waals surface area contributed by atoms with Gasteiger partial charge in [0.2, 0.25) is 0 Å². The van der Waals surface area contributed by atoms with E-state index in [2.05, 4.69) is 48.5 Å². The monoisotopic (exact) mass is 1320 g/mol. The molecule has 0 bridgehead atoms. The highest BCUT2D eigenvalue weighted by Crippen LogP contribution is 2.45. The summed E-state index contributed by atoms with van der Waals surface area (Å²) in [5.41, 5.74) is 0. The van der Waals surface area contributed by atoms with E-state index in [9.17, 15) is 43.2 Å². The second-order valence-corrected chi connectivity index (χ2v) is 30.0. The summed E-state index contributed by atoms with van der Waals surface area (Å²) < 4.78 is 68.3. The highest BCUT2D eigenvalue weighted by Gasteiger charge is 2.30. The maximum atomic E-state index is 13.0. The van der Waals surface area contributed by atoms with E-state index in [1.54, 1.807) is 0 Å². The summed E-state index contributed by atoms with van der Waals surface area (Å²) in [7, 11) is -9.90. The number of unbranched alkanes of at least 4 members (excludes halogenated alkanes) is 37. The topological polar surface area (TPSA) is 237 Å². The number of aliphatic hydroxyl groups excluding tert-OH is 1. The summed E-state index contributed by atoms with van der Waals surface area (Å²) in [4.78, 5) is 72.5. The predicted molar refractivity (Wildman–Crippen MR) is 363 cm³/mol. The summed E-state index contributed by atoms with van der Waals surface area (Å²) in [5.74, 6) is 0.0422. The van der Waals surface area contributed by atoms with Gasteiger partial charge in [-0.2, -0.15) is 0 Å². The van der Waals surface area contributed by atoms with Crippen LogP contribution < -0.4 is 0 Å². The first-order chi connectivity index (χ1) is 43.2. The third-order valence-electron chi connectivity index (χ3n) is 16.4. The summed E-state index contributed by atoms with van der Waals surface area (Å²) >= 11 is 0. The van der Waals surface area contributed by atoms with Gasteiger partial charge in [0.25, 0.3) is 0 Å². The van der Waals surface area contributed by atoms with Crippen molar-refractivity contribution in [2.24, 2.45) is 17.8 Å². The van der Waals surface area contributed by atoms with Crippen LogP contribution in [0, 0.1) is 17.8 Å². The van der Waals surface area contributed by atoms with Crippen LogP contribution in [-0.4, -0.2) is 96.7 Å². The zero-order valence-corrected chi connectivity index (χ0v) is 60.4. The Labute approximate surface area is 549 Å². The Balaban J connectivity index is 5.23. The Morgan fingerprint density at radius 1 is 0.300 bits per heavy atom. The summed E-state index contributed by atoms with van der Waals surface area (Å²) in [5, 5.41) is 10.6. The summed E-state index contributed by atoms with van der Waals surface area (Å²) in [6, 6.07) is 0. The number of phosphoric acid groups is 2. The average molecular weight is 1330 g/mol. The van der Waals surface area contributed by atoms with Crippen molar-refractivity contribution in [2.45, 2.75) is 375 Å². The van der Waals surface area contributed by atoms with Gasteiger partial charge in [-0.1, -0.05) is 305 Å². The van der Waals surface area contributed by atoms with Crippen molar-refractivity contribution in [3.8, 4) is 0 Å². The first-order valence-electron chi connectivity index (χ1n) is 36.8. The van der Waals surface area contributed by atoms with E-state index in [4.69, 9.17) is 37.0 Å². The Morgan fingerprint density at radius 3 is 0.756 bits per heavy atom. The number of aliphatic hydroxyl groups is 1. The van der Waals surface area contributed by atoms with Crippen LogP contribution in [0.25, 0.3) is 0 Å². The first kappa shape index (κ1) is 88.1. The fourth-order valence-electron chi connectivity index (χ4n) is 10.7. The van der Waals surface area contributed by atoms with Gasteiger partial charge in [0.1, 0.15) is 19.3 Å². The van der Waals surface area contributed by atoms with Crippen molar-refractivity contribution >= 4 is 39.5 Å². The average Bonchev–Trinajstić information content (AvgIpc) is 2.97. The second kappa shape index (κ2) is 61.9.